The summed E-state index contributed by atoms with van der Waals surface area (Å²) in [5.41, 5.74) is 7.17. The van der Waals surface area contributed by atoms with Crippen LogP contribution in [0.25, 0.3) is 0 Å². The Morgan fingerprint density at radius 3 is 2.85 bits per heavy atom. The van der Waals surface area contributed by atoms with Crippen LogP contribution >= 0.6 is 0 Å². The number of sulfonamides is 1. The molecule has 1 aliphatic rings. The maximum absolute atomic E-state index is 12.3. The van der Waals surface area contributed by atoms with Gasteiger partial charge in [-0.25, -0.2) is 13.1 Å². The van der Waals surface area contributed by atoms with Crippen LogP contribution in [-0.4, -0.2) is 39.0 Å². The van der Waals surface area contributed by atoms with E-state index >= 15 is 0 Å². The highest BCUT2D eigenvalue weighted by atomic mass is 32.2. The van der Waals surface area contributed by atoms with Gasteiger partial charge in [-0.15, -0.1) is 0 Å². The van der Waals surface area contributed by atoms with E-state index in [1.54, 1.807) is 12.1 Å². The lowest BCUT2D eigenvalue weighted by molar-refractivity contribution is 0.268. The Kier molecular flexibility index (Phi) is 4.67. The molecule has 1 aliphatic heterocycles. The van der Waals surface area contributed by atoms with Gasteiger partial charge < -0.3 is 5.73 Å². The van der Waals surface area contributed by atoms with Crippen LogP contribution in [0.4, 0.5) is 5.69 Å². The predicted molar refractivity (Wildman–Crippen MR) is 81.0 cm³/mol. The molecule has 1 aromatic rings. The molecule has 1 aromatic carbocycles. The number of likely N-dealkylation sites (tertiary alicyclic amines) is 1. The molecule has 1 heterocycles. The molecular formula is C14H23N3O2S. The molecule has 6 heteroatoms. The molecular weight excluding hydrogens is 274 g/mol. The first kappa shape index (κ1) is 15.3. The molecule has 2 rings (SSSR count). The van der Waals surface area contributed by atoms with Crippen LogP contribution in [0.2, 0.25) is 0 Å². The quantitative estimate of drug-likeness (QED) is 0.804. The highest BCUT2D eigenvalue weighted by molar-refractivity contribution is 7.89. The molecule has 112 valence electrons. The molecule has 1 atom stereocenters. The van der Waals surface area contributed by atoms with Crippen LogP contribution < -0.4 is 10.5 Å². The van der Waals surface area contributed by atoms with Gasteiger partial charge >= 0.3 is 0 Å². The van der Waals surface area contributed by atoms with Gasteiger partial charge in [0.2, 0.25) is 10.0 Å². The van der Waals surface area contributed by atoms with E-state index in [9.17, 15) is 8.42 Å². The van der Waals surface area contributed by atoms with Gasteiger partial charge in [0.25, 0.3) is 0 Å². The first-order chi connectivity index (χ1) is 9.44. The van der Waals surface area contributed by atoms with Crippen LogP contribution in [0.3, 0.4) is 0 Å². The number of nitrogens with one attached hydrogen (secondary N) is 1. The molecule has 1 unspecified atom stereocenters. The van der Waals surface area contributed by atoms with Gasteiger partial charge in [-0.3, -0.25) is 4.90 Å². The second kappa shape index (κ2) is 6.11. The fourth-order valence-electron chi connectivity index (χ4n) is 2.62. The van der Waals surface area contributed by atoms with E-state index in [1.807, 2.05) is 6.92 Å². The van der Waals surface area contributed by atoms with E-state index in [0.717, 1.165) is 31.5 Å². The molecule has 1 fully saturated rings. The second-order valence-corrected chi connectivity index (χ2v) is 7.06. The normalized spacial score (nSPS) is 20.4. The maximum Gasteiger partial charge on any atom is 0.240 e. The SMILES string of the molecule is CCN1CCCC1CNS(=O)(=O)c1ccc(C)c(N)c1. The Morgan fingerprint density at radius 1 is 1.45 bits per heavy atom. The van der Waals surface area contributed by atoms with Crippen molar-refractivity contribution >= 4 is 15.7 Å². The third-order valence-corrected chi connectivity index (χ3v) is 5.40. The van der Waals surface area contributed by atoms with E-state index in [-0.39, 0.29) is 4.90 Å². The number of rotatable bonds is 5. The summed E-state index contributed by atoms with van der Waals surface area (Å²) in [5.74, 6) is 0. The average Bonchev–Trinajstić information content (AvgIpc) is 2.87. The lowest BCUT2D eigenvalue weighted by Gasteiger charge is -2.22. The summed E-state index contributed by atoms with van der Waals surface area (Å²) in [6.07, 6.45) is 2.18. The lowest BCUT2D eigenvalue weighted by Crippen LogP contribution is -2.40. The number of anilines is 1. The first-order valence-corrected chi connectivity index (χ1v) is 8.52. The summed E-state index contributed by atoms with van der Waals surface area (Å²) >= 11 is 0. The van der Waals surface area contributed by atoms with E-state index in [2.05, 4.69) is 16.5 Å². The van der Waals surface area contributed by atoms with Crippen LogP contribution in [0.5, 0.6) is 0 Å². The van der Waals surface area contributed by atoms with Gasteiger partial charge in [0.15, 0.2) is 0 Å². The Bertz CT molecular complexity index is 572. The fraction of sp³-hybridized carbons (Fsp3) is 0.571. The summed E-state index contributed by atoms with van der Waals surface area (Å²) in [6, 6.07) is 5.15. The molecule has 0 saturated carbocycles. The van der Waals surface area contributed by atoms with Crippen molar-refractivity contribution in [1.29, 1.82) is 0 Å². The molecule has 5 nitrogen and oxygen atoms in total. The smallest absolute Gasteiger partial charge is 0.240 e. The third kappa shape index (κ3) is 3.31. The minimum atomic E-state index is -3.48. The van der Waals surface area contributed by atoms with Crippen molar-refractivity contribution in [3.8, 4) is 0 Å². The molecule has 0 amide bonds. The molecule has 20 heavy (non-hydrogen) atoms. The van der Waals surface area contributed by atoms with Crippen LogP contribution in [0.15, 0.2) is 23.1 Å². The summed E-state index contributed by atoms with van der Waals surface area (Å²) in [5, 5.41) is 0. The molecule has 0 spiro atoms. The van der Waals surface area contributed by atoms with Crippen molar-refractivity contribution < 1.29 is 8.42 Å². The van der Waals surface area contributed by atoms with Gasteiger partial charge in [-0.1, -0.05) is 13.0 Å². The summed E-state index contributed by atoms with van der Waals surface area (Å²) < 4.78 is 27.2. The maximum atomic E-state index is 12.3. The number of hydrogen-bond acceptors (Lipinski definition) is 4. The lowest BCUT2D eigenvalue weighted by atomic mass is 10.2. The number of hydrogen-bond donors (Lipinski definition) is 2. The Morgan fingerprint density at radius 2 is 2.20 bits per heavy atom. The summed E-state index contributed by atoms with van der Waals surface area (Å²) in [4.78, 5) is 2.55. The summed E-state index contributed by atoms with van der Waals surface area (Å²) in [6.45, 7) is 6.44. The fourth-order valence-corrected chi connectivity index (χ4v) is 3.73. The number of benzene rings is 1. The average molecular weight is 297 g/mol. The van der Waals surface area contributed by atoms with Gasteiger partial charge in [0, 0.05) is 18.3 Å². The van der Waals surface area contributed by atoms with E-state index in [0.29, 0.717) is 18.3 Å². The minimum absolute atomic E-state index is 0.238. The van der Waals surface area contributed by atoms with E-state index < -0.39 is 10.0 Å². The number of nitrogens with two attached hydrogens (primary N) is 1. The van der Waals surface area contributed by atoms with Crippen LogP contribution in [0.1, 0.15) is 25.3 Å². The van der Waals surface area contributed by atoms with Gasteiger partial charge in [0.05, 0.1) is 4.90 Å². The number of aryl methyl sites for hydroxylation is 1. The van der Waals surface area contributed by atoms with E-state index in [4.69, 9.17) is 5.73 Å². The van der Waals surface area contributed by atoms with Crippen molar-refractivity contribution in [3.63, 3.8) is 0 Å². The zero-order valence-corrected chi connectivity index (χ0v) is 12.9. The monoisotopic (exact) mass is 297 g/mol. The molecule has 3 N–H and O–H groups in total. The topological polar surface area (TPSA) is 75.4 Å². The number of nitrogens with zero attached hydrogens (tertiary/aromatic N) is 1. The van der Waals surface area contributed by atoms with Gasteiger partial charge in [-0.2, -0.15) is 0 Å². The molecule has 1 saturated heterocycles. The van der Waals surface area contributed by atoms with Crippen molar-refractivity contribution in [1.82, 2.24) is 9.62 Å². The largest absolute Gasteiger partial charge is 0.398 e. The standard InChI is InChI=1S/C14H23N3O2S/c1-3-17-8-4-5-12(17)10-16-20(18,19)13-7-6-11(2)14(15)9-13/h6-7,9,12,16H,3-5,8,10,15H2,1-2H3. The molecule has 0 aromatic heterocycles. The van der Waals surface area contributed by atoms with Gasteiger partial charge in [0.1, 0.15) is 0 Å². The van der Waals surface area contributed by atoms with E-state index in [1.165, 1.54) is 6.07 Å². The van der Waals surface area contributed by atoms with Crippen LogP contribution in [-0.2, 0) is 10.0 Å². The Labute approximate surface area is 121 Å². The first-order valence-electron chi connectivity index (χ1n) is 7.04. The van der Waals surface area contributed by atoms with Crippen LogP contribution in [0, 0.1) is 6.92 Å². The molecule has 0 bridgehead atoms. The number of likely N-dealkylation sites (N-methyl/N-ethyl adjacent to an activating group) is 1. The van der Waals surface area contributed by atoms with Gasteiger partial charge in [-0.05, 0) is 50.6 Å². The molecule has 0 radical (unpaired) electrons. The second-order valence-electron chi connectivity index (χ2n) is 5.29. The Hall–Kier alpha value is -1.11. The number of nitrogen functional groups attached to an aromatic ring is 1. The zero-order chi connectivity index (χ0) is 14.8. The Balaban J connectivity index is 2.05. The minimum Gasteiger partial charge on any atom is -0.398 e. The van der Waals surface area contributed by atoms with Crippen molar-refractivity contribution in [2.75, 3.05) is 25.4 Å². The zero-order valence-electron chi connectivity index (χ0n) is 12.1. The van der Waals surface area contributed by atoms with Crippen molar-refractivity contribution in [3.05, 3.63) is 23.8 Å². The predicted octanol–water partition coefficient (Wildman–Crippen LogP) is 1.34. The third-order valence-electron chi connectivity index (χ3n) is 3.98. The highest BCUT2D eigenvalue weighted by Gasteiger charge is 2.25. The highest BCUT2D eigenvalue weighted by Crippen LogP contribution is 2.19. The van der Waals surface area contributed by atoms with Crippen molar-refractivity contribution in [2.45, 2.75) is 37.6 Å². The summed E-state index contributed by atoms with van der Waals surface area (Å²) in [7, 11) is -3.48. The van der Waals surface area contributed by atoms with Crippen molar-refractivity contribution in [2.24, 2.45) is 0 Å². The molecule has 0 aliphatic carbocycles.